The number of anilines is 1. The highest BCUT2D eigenvalue weighted by Gasteiger charge is 2.35. The van der Waals surface area contributed by atoms with Crippen molar-refractivity contribution in [3.05, 3.63) is 62.5 Å². The second kappa shape index (κ2) is 11.0. The number of hydrogen-bond donors (Lipinski definition) is 1. The summed E-state index contributed by atoms with van der Waals surface area (Å²) in [6.07, 6.45) is 3.11. The molecular weight excluding hydrogens is 550 g/mol. The number of rotatable bonds is 6. The fourth-order valence-electron chi connectivity index (χ4n) is 4.74. The number of nitrogens with zero attached hydrogens (tertiary/aromatic N) is 2. The molecule has 2 aliphatic heterocycles. The smallest absolute Gasteiger partial charge is 0.323 e. The van der Waals surface area contributed by atoms with Crippen molar-refractivity contribution in [3.63, 3.8) is 0 Å². The van der Waals surface area contributed by atoms with Gasteiger partial charge >= 0.3 is 12.0 Å². The van der Waals surface area contributed by atoms with Crippen LogP contribution < -0.4 is 5.32 Å². The molecule has 0 radical (unpaired) electrons. The zero-order valence-electron chi connectivity index (χ0n) is 18.7. The Morgan fingerprint density at radius 2 is 1.88 bits per heavy atom. The summed E-state index contributed by atoms with van der Waals surface area (Å²) in [6.45, 7) is 4.42. The Labute approximate surface area is 211 Å². The molecule has 0 aliphatic carbocycles. The lowest BCUT2D eigenvalue weighted by atomic mass is 9.98. The highest BCUT2D eigenvalue weighted by atomic mass is 79.9. The Morgan fingerprint density at radius 3 is 2.61 bits per heavy atom. The molecule has 1 unspecified atom stereocenters. The highest BCUT2D eigenvalue weighted by molar-refractivity contribution is 9.13. The van der Waals surface area contributed by atoms with Crippen LogP contribution in [0.1, 0.15) is 30.9 Å². The maximum Gasteiger partial charge on any atom is 0.323 e. The lowest BCUT2D eigenvalue weighted by molar-refractivity contribution is -0.150. The Bertz CT molecular complexity index is 1010. The molecule has 2 aliphatic rings. The Balaban J connectivity index is 1.42. The van der Waals surface area contributed by atoms with Crippen LogP contribution in [0.5, 0.6) is 0 Å². The number of likely N-dealkylation sites (tertiary alicyclic amines) is 1. The van der Waals surface area contributed by atoms with Crippen molar-refractivity contribution in [2.75, 3.05) is 31.6 Å². The number of hydrogen-bond acceptors (Lipinski definition) is 4. The van der Waals surface area contributed by atoms with Crippen LogP contribution in [0.15, 0.2) is 51.4 Å². The lowest BCUT2D eigenvalue weighted by Gasteiger charge is -2.40. The first-order valence-electron chi connectivity index (χ1n) is 11.5. The number of piperidine rings is 1. The number of fused-ring (bicyclic) bond motifs is 1. The summed E-state index contributed by atoms with van der Waals surface area (Å²) in [5.74, 6) is -0.182. The largest absolute Gasteiger partial charge is 0.465 e. The van der Waals surface area contributed by atoms with E-state index in [1.807, 2.05) is 48.2 Å². The van der Waals surface area contributed by atoms with Gasteiger partial charge in [-0.1, -0.05) is 24.3 Å². The number of ether oxygens (including phenoxy) is 1. The predicted octanol–water partition coefficient (Wildman–Crippen LogP) is 5.24. The first-order chi connectivity index (χ1) is 16.0. The standard InChI is InChI=1S/C25H29Br2N3O3/c1-2-33-24(31)23(16-17-7-8-20(26)21(27)15-17)29-12-10-19(11-13-29)30-14-9-18-5-3-4-6-22(18)28-25(30)32/h3-8,15,19,23H,2,9-14,16H2,1H3,(H,28,32). The number of para-hydroxylation sites is 1. The predicted molar refractivity (Wildman–Crippen MR) is 136 cm³/mol. The second-order valence-corrected chi connectivity index (χ2v) is 10.2. The van der Waals surface area contributed by atoms with Crippen LogP contribution in [-0.4, -0.2) is 60.1 Å². The van der Waals surface area contributed by atoms with Crippen molar-refractivity contribution < 1.29 is 14.3 Å². The van der Waals surface area contributed by atoms with Gasteiger partial charge in [-0.2, -0.15) is 0 Å². The number of nitrogens with one attached hydrogen (secondary N) is 1. The van der Waals surface area contributed by atoms with Gasteiger partial charge in [0.25, 0.3) is 0 Å². The molecule has 1 atom stereocenters. The molecular formula is C25H29Br2N3O3. The van der Waals surface area contributed by atoms with E-state index < -0.39 is 0 Å². The number of halogens is 2. The van der Waals surface area contributed by atoms with Crippen LogP contribution in [0.25, 0.3) is 0 Å². The molecule has 176 valence electrons. The van der Waals surface area contributed by atoms with Gasteiger partial charge in [0.05, 0.1) is 6.61 Å². The van der Waals surface area contributed by atoms with E-state index in [9.17, 15) is 9.59 Å². The number of carbonyl (C=O) groups is 2. The maximum atomic E-state index is 12.9. The average molecular weight is 579 g/mol. The van der Waals surface area contributed by atoms with Crippen LogP contribution in [0.2, 0.25) is 0 Å². The summed E-state index contributed by atoms with van der Waals surface area (Å²) < 4.78 is 7.37. The van der Waals surface area contributed by atoms with Crippen molar-refractivity contribution in [2.24, 2.45) is 0 Å². The molecule has 1 N–H and O–H groups in total. The molecule has 0 bridgehead atoms. The highest BCUT2D eigenvalue weighted by Crippen LogP contribution is 2.28. The molecule has 8 heteroatoms. The molecule has 2 heterocycles. The van der Waals surface area contributed by atoms with Gasteiger partial charge in [-0.05, 0) is 93.8 Å². The van der Waals surface area contributed by atoms with Crippen LogP contribution in [-0.2, 0) is 22.4 Å². The van der Waals surface area contributed by atoms with E-state index in [0.717, 1.165) is 52.5 Å². The molecule has 1 fully saturated rings. The SMILES string of the molecule is CCOC(=O)C(Cc1ccc(Br)c(Br)c1)N1CCC(N2CCc3ccccc3NC2=O)CC1. The molecule has 33 heavy (non-hydrogen) atoms. The maximum absolute atomic E-state index is 12.9. The van der Waals surface area contributed by atoms with Crippen LogP contribution in [0.3, 0.4) is 0 Å². The summed E-state index contributed by atoms with van der Waals surface area (Å²) in [5.41, 5.74) is 3.16. The van der Waals surface area contributed by atoms with Crippen molar-refractivity contribution >= 4 is 49.5 Å². The molecule has 2 aromatic carbocycles. The van der Waals surface area contributed by atoms with Gasteiger partial charge in [-0.3, -0.25) is 9.69 Å². The van der Waals surface area contributed by atoms with Gasteiger partial charge in [0.2, 0.25) is 0 Å². The Morgan fingerprint density at radius 1 is 1.12 bits per heavy atom. The van der Waals surface area contributed by atoms with Crippen LogP contribution in [0, 0.1) is 0 Å². The summed E-state index contributed by atoms with van der Waals surface area (Å²) in [5, 5.41) is 3.07. The molecule has 2 aromatic rings. The van der Waals surface area contributed by atoms with Crippen LogP contribution in [0.4, 0.5) is 10.5 Å². The van der Waals surface area contributed by atoms with E-state index in [1.54, 1.807) is 0 Å². The fraction of sp³-hybridized carbons (Fsp3) is 0.440. The van der Waals surface area contributed by atoms with Gasteiger partial charge in [0.1, 0.15) is 6.04 Å². The van der Waals surface area contributed by atoms with Gasteiger partial charge in [0.15, 0.2) is 0 Å². The summed E-state index contributed by atoms with van der Waals surface area (Å²) in [4.78, 5) is 29.9. The zero-order chi connectivity index (χ0) is 23.4. The first-order valence-corrected chi connectivity index (χ1v) is 13.0. The quantitative estimate of drug-likeness (QED) is 0.476. The summed E-state index contributed by atoms with van der Waals surface area (Å²) in [6, 6.07) is 13.9. The van der Waals surface area contributed by atoms with Gasteiger partial charge in [-0.15, -0.1) is 0 Å². The van der Waals surface area contributed by atoms with Crippen molar-refractivity contribution in [2.45, 2.75) is 44.7 Å². The molecule has 0 saturated carbocycles. The minimum Gasteiger partial charge on any atom is -0.465 e. The van der Waals surface area contributed by atoms with E-state index in [-0.39, 0.29) is 24.1 Å². The van der Waals surface area contributed by atoms with E-state index in [0.29, 0.717) is 19.6 Å². The average Bonchev–Trinajstić information content (AvgIpc) is 2.98. The Hall–Kier alpha value is -1.90. The van der Waals surface area contributed by atoms with Gasteiger partial charge < -0.3 is 15.0 Å². The van der Waals surface area contributed by atoms with Gasteiger partial charge in [0, 0.05) is 40.3 Å². The monoisotopic (exact) mass is 577 g/mol. The van der Waals surface area contributed by atoms with E-state index in [1.165, 1.54) is 5.56 Å². The minimum absolute atomic E-state index is 0.0277. The Kier molecular flexibility index (Phi) is 8.09. The third-order valence-corrected chi connectivity index (χ3v) is 8.37. The molecule has 0 aromatic heterocycles. The van der Waals surface area contributed by atoms with Crippen molar-refractivity contribution in [1.82, 2.24) is 9.80 Å². The lowest BCUT2D eigenvalue weighted by Crippen LogP contribution is -2.53. The molecule has 0 spiro atoms. The van der Waals surface area contributed by atoms with E-state index in [4.69, 9.17) is 4.74 Å². The normalized spacial score (nSPS) is 18.3. The summed E-state index contributed by atoms with van der Waals surface area (Å²) >= 11 is 7.06. The summed E-state index contributed by atoms with van der Waals surface area (Å²) in [7, 11) is 0. The van der Waals surface area contributed by atoms with Gasteiger partial charge in [-0.25, -0.2) is 4.79 Å². The fourth-order valence-corrected chi connectivity index (χ4v) is 5.41. The number of carbonyl (C=O) groups excluding carboxylic acids is 2. The molecule has 6 nitrogen and oxygen atoms in total. The third-order valence-electron chi connectivity index (χ3n) is 6.49. The first kappa shape index (κ1) is 24.2. The zero-order valence-corrected chi connectivity index (χ0v) is 21.9. The molecule has 4 rings (SSSR count). The topological polar surface area (TPSA) is 61.9 Å². The number of amides is 2. The van der Waals surface area contributed by atoms with E-state index in [2.05, 4.69) is 48.1 Å². The van der Waals surface area contributed by atoms with E-state index >= 15 is 0 Å². The number of benzene rings is 2. The van der Waals surface area contributed by atoms with Crippen molar-refractivity contribution in [1.29, 1.82) is 0 Å². The van der Waals surface area contributed by atoms with Crippen molar-refractivity contribution in [3.8, 4) is 0 Å². The molecule has 1 saturated heterocycles. The molecule has 2 amide bonds. The number of urea groups is 1. The number of esters is 1. The third kappa shape index (κ3) is 5.78. The second-order valence-electron chi connectivity index (χ2n) is 8.52. The van der Waals surface area contributed by atoms with Crippen LogP contribution >= 0.6 is 31.9 Å². The minimum atomic E-state index is -0.332.